The van der Waals surface area contributed by atoms with Crippen molar-refractivity contribution >= 4 is 11.6 Å². The van der Waals surface area contributed by atoms with E-state index in [2.05, 4.69) is 15.0 Å². The zero-order valence-corrected chi connectivity index (χ0v) is 11.7. The molecular weight excluding hydrogens is 270 g/mol. The molecule has 0 unspecified atom stereocenters. The van der Waals surface area contributed by atoms with Crippen molar-refractivity contribution in [1.29, 1.82) is 0 Å². The third-order valence-electron chi connectivity index (χ3n) is 2.89. The smallest absolute Gasteiger partial charge is 0.178 e. The first kappa shape index (κ1) is 12.8. The third-order valence-corrected chi connectivity index (χ3v) is 3.13. The lowest BCUT2D eigenvalue weighted by Crippen LogP contribution is -1.94. The van der Waals surface area contributed by atoms with Crippen LogP contribution in [0, 0.1) is 6.92 Å². The van der Waals surface area contributed by atoms with E-state index in [1.807, 2.05) is 55.5 Å². The van der Waals surface area contributed by atoms with Crippen LogP contribution in [0.5, 0.6) is 0 Å². The minimum atomic E-state index is 0.633. The van der Waals surface area contributed by atoms with Crippen LogP contribution in [0.3, 0.4) is 0 Å². The predicted octanol–water partition coefficient (Wildman–Crippen LogP) is 4.17. The maximum atomic E-state index is 6.02. The Kier molecular flexibility index (Phi) is 3.44. The number of aromatic nitrogens is 3. The number of hydrogen-bond donors (Lipinski definition) is 0. The van der Waals surface area contributed by atoms with Gasteiger partial charge in [-0.15, -0.1) is 0 Å². The molecule has 4 heteroatoms. The summed E-state index contributed by atoms with van der Waals surface area (Å²) >= 11 is 6.02. The van der Waals surface area contributed by atoms with E-state index in [9.17, 15) is 0 Å². The summed E-state index contributed by atoms with van der Waals surface area (Å²) < 4.78 is 0. The Bertz CT molecular complexity index is 695. The highest BCUT2D eigenvalue weighted by molar-refractivity contribution is 6.30. The maximum absolute atomic E-state index is 6.02. The summed E-state index contributed by atoms with van der Waals surface area (Å²) in [6.07, 6.45) is 1.74. The molecule has 2 heterocycles. The number of halogens is 1. The van der Waals surface area contributed by atoms with Crippen molar-refractivity contribution in [1.82, 2.24) is 15.0 Å². The van der Waals surface area contributed by atoms with Crippen molar-refractivity contribution in [3.63, 3.8) is 0 Å². The normalized spacial score (nSPS) is 10.5. The van der Waals surface area contributed by atoms with E-state index in [0.29, 0.717) is 10.8 Å². The summed E-state index contributed by atoms with van der Waals surface area (Å²) in [5.41, 5.74) is 3.51. The fourth-order valence-corrected chi connectivity index (χ4v) is 2.13. The van der Waals surface area contributed by atoms with Crippen LogP contribution in [0.25, 0.3) is 22.8 Å². The zero-order chi connectivity index (χ0) is 13.9. The molecule has 0 N–H and O–H groups in total. The molecule has 0 atom stereocenters. The highest BCUT2D eigenvalue weighted by Gasteiger charge is 2.06. The minimum Gasteiger partial charge on any atom is -0.244 e. The van der Waals surface area contributed by atoms with Gasteiger partial charge in [-0.25, -0.2) is 15.0 Å². The van der Waals surface area contributed by atoms with E-state index in [4.69, 9.17) is 11.6 Å². The second kappa shape index (κ2) is 5.39. The summed E-state index contributed by atoms with van der Waals surface area (Å²) in [5, 5.41) is 0.696. The first-order valence-electron chi connectivity index (χ1n) is 6.25. The number of rotatable bonds is 2. The standard InChI is InChI=1S/C16H12ClN3/c1-11-8-9-18-16(19-11)15-7-3-6-14(20-15)12-4-2-5-13(17)10-12/h2-10H,1H3. The summed E-state index contributed by atoms with van der Waals surface area (Å²) in [7, 11) is 0. The first-order valence-corrected chi connectivity index (χ1v) is 6.63. The fourth-order valence-electron chi connectivity index (χ4n) is 1.94. The van der Waals surface area contributed by atoms with Crippen molar-refractivity contribution in [2.45, 2.75) is 6.92 Å². The SMILES string of the molecule is Cc1ccnc(-c2cccc(-c3cccc(Cl)c3)n2)n1. The average Bonchev–Trinajstić information content (AvgIpc) is 2.47. The second-order valence-electron chi connectivity index (χ2n) is 4.44. The fraction of sp³-hybridized carbons (Fsp3) is 0.0625. The van der Waals surface area contributed by atoms with Gasteiger partial charge >= 0.3 is 0 Å². The summed E-state index contributed by atoms with van der Waals surface area (Å²) in [5.74, 6) is 0.633. The van der Waals surface area contributed by atoms with Crippen molar-refractivity contribution in [2.75, 3.05) is 0 Å². The van der Waals surface area contributed by atoms with Crippen LogP contribution in [0.1, 0.15) is 5.69 Å². The van der Waals surface area contributed by atoms with E-state index in [0.717, 1.165) is 22.6 Å². The molecule has 98 valence electrons. The van der Waals surface area contributed by atoms with Gasteiger partial charge in [0.1, 0.15) is 5.69 Å². The van der Waals surface area contributed by atoms with Gasteiger partial charge in [0.05, 0.1) is 5.69 Å². The lowest BCUT2D eigenvalue weighted by molar-refractivity contribution is 1.09. The third kappa shape index (κ3) is 2.68. The van der Waals surface area contributed by atoms with Crippen LogP contribution in [-0.2, 0) is 0 Å². The monoisotopic (exact) mass is 281 g/mol. The van der Waals surface area contributed by atoms with Crippen LogP contribution < -0.4 is 0 Å². The Hall–Kier alpha value is -2.26. The summed E-state index contributed by atoms with van der Waals surface area (Å²) in [6, 6.07) is 15.3. The molecule has 0 saturated heterocycles. The van der Waals surface area contributed by atoms with Crippen LogP contribution in [0.2, 0.25) is 5.02 Å². The molecule has 2 aromatic heterocycles. The minimum absolute atomic E-state index is 0.633. The number of aryl methyl sites for hydroxylation is 1. The van der Waals surface area contributed by atoms with Crippen molar-refractivity contribution in [3.05, 3.63) is 65.4 Å². The van der Waals surface area contributed by atoms with Gasteiger partial charge in [-0.2, -0.15) is 0 Å². The average molecular weight is 282 g/mol. The molecule has 0 saturated carbocycles. The molecule has 3 aromatic rings. The molecule has 0 bridgehead atoms. The Morgan fingerprint density at radius 3 is 2.50 bits per heavy atom. The van der Waals surface area contributed by atoms with Crippen LogP contribution in [0.4, 0.5) is 0 Å². The van der Waals surface area contributed by atoms with Gasteiger partial charge < -0.3 is 0 Å². The van der Waals surface area contributed by atoms with Crippen molar-refractivity contribution in [3.8, 4) is 22.8 Å². The van der Waals surface area contributed by atoms with Gasteiger partial charge in [-0.3, -0.25) is 0 Å². The molecule has 20 heavy (non-hydrogen) atoms. The number of nitrogens with zero attached hydrogens (tertiary/aromatic N) is 3. The highest BCUT2D eigenvalue weighted by Crippen LogP contribution is 2.23. The number of benzene rings is 1. The van der Waals surface area contributed by atoms with Gasteiger partial charge in [0, 0.05) is 22.5 Å². The number of hydrogen-bond acceptors (Lipinski definition) is 3. The first-order chi connectivity index (χ1) is 9.72. The molecule has 3 nitrogen and oxygen atoms in total. The van der Waals surface area contributed by atoms with Gasteiger partial charge in [-0.05, 0) is 37.3 Å². The Morgan fingerprint density at radius 1 is 0.900 bits per heavy atom. The molecule has 0 aliphatic rings. The maximum Gasteiger partial charge on any atom is 0.178 e. The molecule has 0 spiro atoms. The molecule has 0 aliphatic heterocycles. The predicted molar refractivity (Wildman–Crippen MR) is 80.4 cm³/mol. The molecule has 0 amide bonds. The highest BCUT2D eigenvalue weighted by atomic mass is 35.5. The van der Waals surface area contributed by atoms with Crippen molar-refractivity contribution < 1.29 is 0 Å². The van der Waals surface area contributed by atoms with Gasteiger partial charge in [0.2, 0.25) is 0 Å². The van der Waals surface area contributed by atoms with Crippen molar-refractivity contribution in [2.24, 2.45) is 0 Å². The van der Waals surface area contributed by atoms with E-state index < -0.39 is 0 Å². The van der Waals surface area contributed by atoms with Crippen LogP contribution in [0.15, 0.2) is 54.7 Å². The quantitative estimate of drug-likeness (QED) is 0.708. The molecule has 1 aromatic carbocycles. The topological polar surface area (TPSA) is 38.7 Å². The summed E-state index contributed by atoms with van der Waals surface area (Å²) in [4.78, 5) is 13.3. The van der Waals surface area contributed by atoms with E-state index in [-0.39, 0.29) is 0 Å². The van der Waals surface area contributed by atoms with Gasteiger partial charge in [0.25, 0.3) is 0 Å². The number of pyridine rings is 1. The van der Waals surface area contributed by atoms with Gasteiger partial charge in [0.15, 0.2) is 5.82 Å². The van der Waals surface area contributed by atoms with Crippen LogP contribution >= 0.6 is 11.6 Å². The second-order valence-corrected chi connectivity index (χ2v) is 4.88. The van der Waals surface area contributed by atoms with Gasteiger partial charge in [-0.1, -0.05) is 29.8 Å². The zero-order valence-electron chi connectivity index (χ0n) is 10.9. The Morgan fingerprint density at radius 2 is 1.70 bits per heavy atom. The lowest BCUT2D eigenvalue weighted by Gasteiger charge is -2.05. The van der Waals surface area contributed by atoms with Crippen LogP contribution in [-0.4, -0.2) is 15.0 Å². The Balaban J connectivity index is 2.06. The lowest BCUT2D eigenvalue weighted by atomic mass is 10.1. The molecule has 3 rings (SSSR count). The van der Waals surface area contributed by atoms with E-state index >= 15 is 0 Å². The van der Waals surface area contributed by atoms with E-state index in [1.54, 1.807) is 6.20 Å². The summed E-state index contributed by atoms with van der Waals surface area (Å²) in [6.45, 7) is 1.94. The molecule has 0 fully saturated rings. The van der Waals surface area contributed by atoms with E-state index in [1.165, 1.54) is 0 Å². The molecule has 0 aliphatic carbocycles. The Labute approximate surface area is 122 Å². The molecular formula is C16H12ClN3. The molecule has 0 radical (unpaired) electrons. The largest absolute Gasteiger partial charge is 0.244 e.